The summed E-state index contributed by atoms with van der Waals surface area (Å²) in [7, 11) is 0. The largest absolute Gasteiger partial charge is 0.374 e. The smallest absolute Gasteiger partial charge is 0.248 e. The quantitative estimate of drug-likeness (QED) is 0.785. The third-order valence-corrected chi connectivity index (χ3v) is 4.33. The summed E-state index contributed by atoms with van der Waals surface area (Å²) in [6, 6.07) is 13.4. The molecule has 4 nitrogen and oxygen atoms in total. The standard InChI is InChI=1S/C21H24N2O2/c24-21(13-12-18-8-4-5-14-22-18)23-19-9-6-7-17(15-19)16-25-20-10-2-1-3-11-20/h4-9,12-15,20H,1-3,10-11,16H2,(H,23,24)/b13-12+. The molecule has 1 saturated carbocycles. The summed E-state index contributed by atoms with van der Waals surface area (Å²) in [5, 5.41) is 2.88. The molecular weight excluding hydrogens is 312 g/mol. The van der Waals surface area contributed by atoms with E-state index in [2.05, 4.69) is 10.3 Å². The molecule has 1 aromatic carbocycles. The van der Waals surface area contributed by atoms with Crippen molar-refractivity contribution in [3.8, 4) is 0 Å². The first-order valence-corrected chi connectivity index (χ1v) is 8.90. The summed E-state index contributed by atoms with van der Waals surface area (Å²) in [5.74, 6) is -0.170. The molecule has 1 aliphatic carbocycles. The second-order valence-corrected chi connectivity index (χ2v) is 6.35. The molecule has 1 aliphatic rings. The minimum Gasteiger partial charge on any atom is -0.374 e. The van der Waals surface area contributed by atoms with Crippen molar-refractivity contribution in [2.24, 2.45) is 0 Å². The Kier molecular flexibility index (Phi) is 6.35. The van der Waals surface area contributed by atoms with Gasteiger partial charge in [-0.1, -0.05) is 37.5 Å². The van der Waals surface area contributed by atoms with Crippen molar-refractivity contribution < 1.29 is 9.53 Å². The molecule has 1 N–H and O–H groups in total. The van der Waals surface area contributed by atoms with Crippen molar-refractivity contribution in [2.75, 3.05) is 5.32 Å². The molecule has 3 rings (SSSR count). The SMILES string of the molecule is O=C(/C=C/c1ccccn1)Nc1cccc(COC2CCCCC2)c1. The Labute approximate surface area is 148 Å². The molecule has 0 saturated heterocycles. The van der Waals surface area contributed by atoms with Crippen LogP contribution >= 0.6 is 0 Å². The first kappa shape index (κ1) is 17.4. The van der Waals surface area contributed by atoms with E-state index in [1.165, 1.54) is 25.3 Å². The lowest BCUT2D eigenvalue weighted by Gasteiger charge is -2.22. The lowest BCUT2D eigenvalue weighted by Crippen LogP contribution is -2.16. The van der Waals surface area contributed by atoms with Crippen LogP contribution in [0.4, 0.5) is 5.69 Å². The Morgan fingerprint density at radius 3 is 2.84 bits per heavy atom. The Morgan fingerprint density at radius 1 is 1.16 bits per heavy atom. The second-order valence-electron chi connectivity index (χ2n) is 6.35. The normalized spacial score (nSPS) is 15.4. The molecule has 4 heteroatoms. The zero-order chi connectivity index (χ0) is 17.3. The Balaban J connectivity index is 1.52. The number of anilines is 1. The van der Waals surface area contributed by atoms with E-state index in [4.69, 9.17) is 4.74 Å². The fourth-order valence-electron chi connectivity index (χ4n) is 3.00. The molecule has 0 bridgehead atoms. The monoisotopic (exact) mass is 336 g/mol. The van der Waals surface area contributed by atoms with Crippen LogP contribution in [0.15, 0.2) is 54.7 Å². The van der Waals surface area contributed by atoms with Gasteiger partial charge in [0.25, 0.3) is 0 Å². The van der Waals surface area contributed by atoms with Crippen LogP contribution in [0.5, 0.6) is 0 Å². The van der Waals surface area contributed by atoms with Crippen molar-refractivity contribution in [1.29, 1.82) is 0 Å². The maximum atomic E-state index is 12.0. The summed E-state index contributed by atoms with van der Waals surface area (Å²) < 4.78 is 6.00. The van der Waals surface area contributed by atoms with E-state index in [9.17, 15) is 4.79 Å². The number of nitrogens with one attached hydrogen (secondary N) is 1. The minimum atomic E-state index is -0.170. The topological polar surface area (TPSA) is 51.2 Å². The van der Waals surface area contributed by atoms with Crippen LogP contribution in [0, 0.1) is 0 Å². The number of nitrogens with zero attached hydrogens (tertiary/aromatic N) is 1. The van der Waals surface area contributed by atoms with Crippen molar-refractivity contribution in [3.05, 3.63) is 66.0 Å². The molecule has 2 aromatic rings. The highest BCUT2D eigenvalue weighted by Crippen LogP contribution is 2.22. The summed E-state index contributed by atoms with van der Waals surface area (Å²) >= 11 is 0. The number of rotatable bonds is 6. The van der Waals surface area contributed by atoms with Crippen molar-refractivity contribution in [1.82, 2.24) is 4.98 Å². The number of pyridine rings is 1. The number of hydrogen-bond acceptors (Lipinski definition) is 3. The predicted molar refractivity (Wildman–Crippen MR) is 100 cm³/mol. The molecule has 1 fully saturated rings. The van der Waals surface area contributed by atoms with Gasteiger partial charge in [0.2, 0.25) is 5.91 Å². The van der Waals surface area contributed by atoms with Crippen molar-refractivity contribution in [3.63, 3.8) is 0 Å². The van der Waals surface area contributed by atoms with Gasteiger partial charge >= 0.3 is 0 Å². The van der Waals surface area contributed by atoms with Gasteiger partial charge in [0.1, 0.15) is 0 Å². The number of hydrogen-bond donors (Lipinski definition) is 1. The summed E-state index contributed by atoms with van der Waals surface area (Å²) in [6.45, 7) is 0.595. The van der Waals surface area contributed by atoms with E-state index in [0.29, 0.717) is 12.7 Å². The molecule has 25 heavy (non-hydrogen) atoms. The van der Waals surface area contributed by atoms with Crippen LogP contribution in [-0.2, 0) is 16.1 Å². The zero-order valence-electron chi connectivity index (χ0n) is 14.4. The van der Waals surface area contributed by atoms with Gasteiger partial charge in [-0.05, 0) is 48.7 Å². The fourth-order valence-corrected chi connectivity index (χ4v) is 3.00. The first-order chi connectivity index (χ1) is 12.3. The molecule has 130 valence electrons. The highest BCUT2D eigenvalue weighted by molar-refractivity contribution is 6.01. The Bertz CT molecular complexity index is 707. The van der Waals surface area contributed by atoms with E-state index in [1.807, 2.05) is 42.5 Å². The van der Waals surface area contributed by atoms with Crippen molar-refractivity contribution in [2.45, 2.75) is 44.8 Å². The number of amides is 1. The number of ether oxygens (including phenoxy) is 1. The lowest BCUT2D eigenvalue weighted by molar-refractivity contribution is -0.111. The molecule has 0 aliphatic heterocycles. The average Bonchev–Trinajstić information content (AvgIpc) is 2.67. The number of carbonyl (C=O) groups is 1. The van der Waals surface area contributed by atoms with Gasteiger partial charge in [0, 0.05) is 18.0 Å². The zero-order valence-corrected chi connectivity index (χ0v) is 14.4. The Morgan fingerprint density at radius 2 is 2.04 bits per heavy atom. The third kappa shape index (κ3) is 5.84. The summed E-state index contributed by atoms with van der Waals surface area (Å²) in [6.07, 6.45) is 11.5. The van der Waals surface area contributed by atoms with E-state index < -0.39 is 0 Å². The summed E-state index contributed by atoms with van der Waals surface area (Å²) in [5.41, 5.74) is 2.62. The average molecular weight is 336 g/mol. The molecule has 1 heterocycles. The number of benzene rings is 1. The third-order valence-electron chi connectivity index (χ3n) is 4.33. The van der Waals surface area contributed by atoms with Gasteiger partial charge in [0.05, 0.1) is 18.4 Å². The molecule has 0 spiro atoms. The number of aromatic nitrogens is 1. The second kappa shape index (κ2) is 9.14. The van der Waals surface area contributed by atoms with Crippen LogP contribution in [0.25, 0.3) is 6.08 Å². The first-order valence-electron chi connectivity index (χ1n) is 8.90. The van der Waals surface area contributed by atoms with E-state index in [1.54, 1.807) is 12.3 Å². The van der Waals surface area contributed by atoms with Crippen molar-refractivity contribution >= 4 is 17.7 Å². The van der Waals surface area contributed by atoms with Crippen LogP contribution in [0.1, 0.15) is 43.4 Å². The van der Waals surface area contributed by atoms with Gasteiger partial charge in [-0.2, -0.15) is 0 Å². The van der Waals surface area contributed by atoms with E-state index >= 15 is 0 Å². The molecule has 1 aromatic heterocycles. The van der Waals surface area contributed by atoms with Crippen LogP contribution in [0.2, 0.25) is 0 Å². The van der Waals surface area contributed by atoms with Crippen LogP contribution in [-0.4, -0.2) is 17.0 Å². The minimum absolute atomic E-state index is 0.170. The van der Waals surface area contributed by atoms with Gasteiger partial charge in [-0.15, -0.1) is 0 Å². The maximum absolute atomic E-state index is 12.0. The van der Waals surface area contributed by atoms with Crippen LogP contribution < -0.4 is 5.32 Å². The van der Waals surface area contributed by atoms with Gasteiger partial charge in [-0.25, -0.2) is 0 Å². The lowest BCUT2D eigenvalue weighted by atomic mass is 9.98. The molecule has 1 amide bonds. The molecular formula is C21H24N2O2. The maximum Gasteiger partial charge on any atom is 0.248 e. The summed E-state index contributed by atoms with van der Waals surface area (Å²) in [4.78, 5) is 16.2. The number of carbonyl (C=O) groups excluding carboxylic acids is 1. The van der Waals surface area contributed by atoms with Gasteiger partial charge < -0.3 is 10.1 Å². The van der Waals surface area contributed by atoms with Gasteiger partial charge in [-0.3, -0.25) is 9.78 Å². The molecule has 0 unspecified atom stereocenters. The Hall–Kier alpha value is -2.46. The van der Waals surface area contributed by atoms with E-state index in [0.717, 1.165) is 29.8 Å². The molecule has 0 atom stereocenters. The van der Waals surface area contributed by atoms with Crippen LogP contribution in [0.3, 0.4) is 0 Å². The predicted octanol–water partition coefficient (Wildman–Crippen LogP) is 4.58. The highest BCUT2D eigenvalue weighted by atomic mass is 16.5. The van der Waals surface area contributed by atoms with Gasteiger partial charge in [0.15, 0.2) is 0 Å². The molecule has 0 radical (unpaired) electrons. The van der Waals surface area contributed by atoms with E-state index in [-0.39, 0.29) is 5.91 Å². The fraction of sp³-hybridized carbons (Fsp3) is 0.333. The highest BCUT2D eigenvalue weighted by Gasteiger charge is 2.13.